The summed E-state index contributed by atoms with van der Waals surface area (Å²) in [6.07, 6.45) is -0.102. The van der Waals surface area contributed by atoms with Crippen LogP contribution in [0.15, 0.2) is 24.3 Å². The number of nitrogens with zero attached hydrogens (tertiary/aromatic N) is 3. The molecule has 0 aliphatic rings. The van der Waals surface area contributed by atoms with Gasteiger partial charge < -0.3 is 26.6 Å². The van der Waals surface area contributed by atoms with Gasteiger partial charge in [-0.25, -0.2) is 4.79 Å². The summed E-state index contributed by atoms with van der Waals surface area (Å²) in [5, 5.41) is 23.1. The number of benzene rings is 1. The summed E-state index contributed by atoms with van der Waals surface area (Å²) in [5.41, 5.74) is 6.14. The van der Waals surface area contributed by atoms with Gasteiger partial charge in [0.2, 0.25) is 17.8 Å². The van der Waals surface area contributed by atoms with E-state index >= 15 is 0 Å². The van der Waals surface area contributed by atoms with Crippen LogP contribution in [0.2, 0.25) is 0 Å². The Bertz CT molecular complexity index is 736. The lowest BCUT2D eigenvalue weighted by Gasteiger charge is -2.08. The number of carboxylic acid groups (broad SMARTS) is 2. The van der Waals surface area contributed by atoms with Crippen LogP contribution in [0, 0.1) is 0 Å². The maximum absolute atomic E-state index is 10.9. The van der Waals surface area contributed by atoms with E-state index in [1.54, 1.807) is 12.1 Å². The first-order valence-corrected chi connectivity index (χ1v) is 6.51. The number of aromatic carboxylic acids is 1. The maximum atomic E-state index is 10.9. The summed E-state index contributed by atoms with van der Waals surface area (Å²) < 4.78 is 0. The Morgan fingerprint density at radius 3 is 2.57 bits per heavy atom. The molecule has 1 aromatic heterocycles. The second-order valence-electron chi connectivity index (χ2n) is 4.42. The normalized spacial score (nSPS) is 10.1. The van der Waals surface area contributed by atoms with Crippen LogP contribution in [-0.4, -0.2) is 43.6 Å². The van der Waals surface area contributed by atoms with E-state index in [2.05, 4.69) is 25.6 Å². The Balaban J connectivity index is 2.13. The van der Waals surface area contributed by atoms with Gasteiger partial charge in [0.1, 0.15) is 0 Å². The molecule has 2 aromatic rings. The fraction of sp³-hybridized carbons (Fsp3) is 0.154. The van der Waals surface area contributed by atoms with E-state index in [9.17, 15) is 9.59 Å². The van der Waals surface area contributed by atoms with E-state index in [1.807, 2.05) is 0 Å². The molecule has 23 heavy (non-hydrogen) atoms. The van der Waals surface area contributed by atoms with Gasteiger partial charge in [-0.2, -0.15) is 15.0 Å². The van der Waals surface area contributed by atoms with E-state index in [1.165, 1.54) is 12.1 Å². The molecule has 0 aliphatic heterocycles. The van der Waals surface area contributed by atoms with E-state index in [4.69, 9.17) is 15.9 Å². The highest BCUT2D eigenvalue weighted by Crippen LogP contribution is 2.16. The third-order valence-electron chi connectivity index (χ3n) is 2.64. The molecule has 10 nitrogen and oxygen atoms in total. The molecule has 0 atom stereocenters. The quantitative estimate of drug-likeness (QED) is 0.492. The number of nitrogen functional groups attached to an aromatic ring is 1. The monoisotopic (exact) mass is 318 g/mol. The minimum absolute atomic E-state index is 0.0604. The average molecular weight is 318 g/mol. The Morgan fingerprint density at radius 1 is 1.13 bits per heavy atom. The highest BCUT2D eigenvalue weighted by atomic mass is 16.4. The molecule has 0 radical (unpaired) electrons. The fourth-order valence-corrected chi connectivity index (χ4v) is 1.67. The molecule has 0 spiro atoms. The first-order chi connectivity index (χ1) is 10.9. The minimum Gasteiger partial charge on any atom is -0.481 e. The van der Waals surface area contributed by atoms with Crippen molar-refractivity contribution in [3.05, 3.63) is 29.8 Å². The summed E-state index contributed by atoms with van der Waals surface area (Å²) in [5.74, 6) is -1.84. The van der Waals surface area contributed by atoms with Gasteiger partial charge in [-0.05, 0) is 18.2 Å². The van der Waals surface area contributed by atoms with Gasteiger partial charge in [-0.15, -0.1) is 0 Å². The molecule has 0 bridgehead atoms. The van der Waals surface area contributed by atoms with Crippen molar-refractivity contribution in [3.63, 3.8) is 0 Å². The number of aliphatic carboxylic acids is 1. The molecule has 0 fully saturated rings. The standard InChI is InChI=1S/C13H14N6O4/c14-11-17-12(15-5-4-9(20)21)19-13(18-11)16-8-3-1-2-7(6-8)10(22)23/h1-3,6H,4-5H2,(H,20,21)(H,22,23)(H4,14,15,16,17,18,19). The van der Waals surface area contributed by atoms with Crippen LogP contribution in [-0.2, 0) is 4.79 Å². The zero-order valence-corrected chi connectivity index (χ0v) is 11.9. The summed E-state index contributed by atoms with van der Waals surface area (Å²) in [6.45, 7) is 0.132. The van der Waals surface area contributed by atoms with Gasteiger partial charge in [0.25, 0.3) is 0 Å². The van der Waals surface area contributed by atoms with Gasteiger partial charge in [-0.1, -0.05) is 6.07 Å². The van der Waals surface area contributed by atoms with E-state index in [0.717, 1.165) is 0 Å². The van der Waals surface area contributed by atoms with Gasteiger partial charge in [0, 0.05) is 12.2 Å². The molecule has 0 saturated carbocycles. The maximum Gasteiger partial charge on any atom is 0.335 e. The summed E-state index contributed by atoms with van der Waals surface area (Å²) in [4.78, 5) is 33.2. The molecule has 0 amide bonds. The number of rotatable bonds is 7. The lowest BCUT2D eigenvalue weighted by atomic mass is 10.2. The third kappa shape index (κ3) is 4.81. The number of nitrogens with one attached hydrogen (secondary N) is 2. The smallest absolute Gasteiger partial charge is 0.335 e. The summed E-state index contributed by atoms with van der Waals surface area (Å²) >= 11 is 0. The zero-order chi connectivity index (χ0) is 16.8. The van der Waals surface area contributed by atoms with Crippen LogP contribution >= 0.6 is 0 Å². The topological polar surface area (TPSA) is 163 Å². The van der Waals surface area contributed by atoms with Crippen molar-refractivity contribution in [2.24, 2.45) is 0 Å². The molecule has 10 heteroatoms. The van der Waals surface area contributed by atoms with Gasteiger partial charge in [-0.3, -0.25) is 4.79 Å². The predicted molar refractivity (Wildman–Crippen MR) is 81.7 cm³/mol. The van der Waals surface area contributed by atoms with Crippen molar-refractivity contribution in [2.45, 2.75) is 6.42 Å². The van der Waals surface area contributed by atoms with Gasteiger partial charge >= 0.3 is 11.9 Å². The minimum atomic E-state index is -1.06. The van der Waals surface area contributed by atoms with Crippen molar-refractivity contribution in [1.29, 1.82) is 0 Å². The number of hydrogen-bond donors (Lipinski definition) is 5. The van der Waals surface area contributed by atoms with Crippen molar-refractivity contribution < 1.29 is 19.8 Å². The first-order valence-electron chi connectivity index (χ1n) is 6.51. The van der Waals surface area contributed by atoms with Crippen LogP contribution in [0.3, 0.4) is 0 Å². The van der Waals surface area contributed by atoms with Gasteiger partial charge in [0.15, 0.2) is 0 Å². The first kappa shape index (κ1) is 15.9. The number of anilines is 4. The lowest BCUT2D eigenvalue weighted by Crippen LogP contribution is -2.12. The average Bonchev–Trinajstić information content (AvgIpc) is 2.46. The largest absolute Gasteiger partial charge is 0.481 e. The Hall–Kier alpha value is -3.43. The molecule has 6 N–H and O–H groups in total. The SMILES string of the molecule is Nc1nc(NCCC(=O)O)nc(Nc2cccc(C(=O)O)c2)n1. The van der Waals surface area contributed by atoms with Crippen molar-refractivity contribution in [1.82, 2.24) is 15.0 Å². The van der Waals surface area contributed by atoms with E-state index in [0.29, 0.717) is 5.69 Å². The van der Waals surface area contributed by atoms with Crippen molar-refractivity contribution >= 4 is 35.5 Å². The predicted octanol–water partition coefficient (Wildman–Crippen LogP) is 0.782. The van der Waals surface area contributed by atoms with Crippen LogP contribution in [0.1, 0.15) is 16.8 Å². The second-order valence-corrected chi connectivity index (χ2v) is 4.42. The molecule has 0 aliphatic carbocycles. The van der Waals surface area contributed by atoms with Crippen LogP contribution in [0.25, 0.3) is 0 Å². The molecule has 120 valence electrons. The number of carbonyl (C=O) groups is 2. The van der Waals surface area contributed by atoms with Crippen LogP contribution < -0.4 is 16.4 Å². The summed E-state index contributed by atoms with van der Waals surface area (Å²) in [7, 11) is 0. The highest BCUT2D eigenvalue weighted by molar-refractivity contribution is 5.89. The van der Waals surface area contributed by atoms with Crippen molar-refractivity contribution in [2.75, 3.05) is 22.9 Å². The second kappa shape index (κ2) is 7.02. The van der Waals surface area contributed by atoms with Crippen molar-refractivity contribution in [3.8, 4) is 0 Å². The third-order valence-corrected chi connectivity index (χ3v) is 2.64. The van der Waals surface area contributed by atoms with E-state index in [-0.39, 0.29) is 36.4 Å². The van der Waals surface area contributed by atoms with Crippen LogP contribution in [0.4, 0.5) is 23.5 Å². The van der Waals surface area contributed by atoms with Crippen LogP contribution in [0.5, 0.6) is 0 Å². The molecular weight excluding hydrogens is 304 g/mol. The number of aromatic nitrogens is 3. The Kier molecular flexibility index (Phi) is 4.87. The number of hydrogen-bond acceptors (Lipinski definition) is 8. The Morgan fingerprint density at radius 2 is 1.87 bits per heavy atom. The van der Waals surface area contributed by atoms with Gasteiger partial charge in [0.05, 0.1) is 12.0 Å². The number of nitrogens with two attached hydrogens (primary N) is 1. The molecule has 2 rings (SSSR count). The fourth-order valence-electron chi connectivity index (χ4n) is 1.67. The molecule has 1 aromatic carbocycles. The summed E-state index contributed by atoms with van der Waals surface area (Å²) in [6, 6.07) is 6.08. The lowest BCUT2D eigenvalue weighted by molar-refractivity contribution is -0.136. The molecule has 1 heterocycles. The highest BCUT2D eigenvalue weighted by Gasteiger charge is 2.07. The number of carboxylic acids is 2. The zero-order valence-electron chi connectivity index (χ0n) is 11.9. The molecular formula is C13H14N6O4. The molecule has 0 saturated heterocycles. The Labute approximate surface area is 130 Å². The molecule has 0 unspecified atom stereocenters. The van der Waals surface area contributed by atoms with E-state index < -0.39 is 11.9 Å².